The van der Waals surface area contributed by atoms with Gasteiger partial charge in [0, 0.05) is 0 Å². The molecule has 0 amide bonds. The highest BCUT2D eigenvalue weighted by atomic mass is 14.3. The van der Waals surface area contributed by atoms with Crippen LogP contribution in [0.25, 0.3) is 241 Å². The van der Waals surface area contributed by atoms with Gasteiger partial charge < -0.3 is 0 Å². The first-order valence-electron chi connectivity index (χ1n) is 78.0. The normalized spacial score (nSPS) is 20.6. The van der Waals surface area contributed by atoms with E-state index >= 15 is 0 Å². The van der Waals surface area contributed by atoms with Gasteiger partial charge in [0.1, 0.15) is 0 Å². The van der Waals surface area contributed by atoms with Crippen LogP contribution in [-0.2, 0) is 0 Å². The van der Waals surface area contributed by atoms with Crippen LogP contribution in [0.3, 0.4) is 0 Å². The Balaban J connectivity index is 0.000000159. The van der Waals surface area contributed by atoms with Crippen LogP contribution in [0.4, 0.5) is 0 Å². The van der Waals surface area contributed by atoms with Gasteiger partial charge in [-0.2, -0.15) is 0 Å². The summed E-state index contributed by atoms with van der Waals surface area (Å²) in [6.45, 7) is 0. The van der Waals surface area contributed by atoms with Crippen LogP contribution in [0.5, 0.6) is 0 Å². The quantitative estimate of drug-likeness (QED) is 0.0946. The minimum absolute atomic E-state index is 0.494. The van der Waals surface area contributed by atoms with E-state index in [2.05, 4.69) is 0 Å². The van der Waals surface area contributed by atoms with Crippen molar-refractivity contribution in [3.05, 3.63) is 495 Å². The van der Waals surface area contributed by atoms with E-state index in [1.165, 1.54) is 0 Å². The van der Waals surface area contributed by atoms with Crippen molar-refractivity contribution >= 4 is 129 Å². The first-order valence-corrected chi connectivity index (χ1v) is 37.0. The molecule has 0 heterocycles. The minimum atomic E-state index is -1.12. The zero-order valence-electron chi connectivity index (χ0n) is 145. The second kappa shape index (κ2) is 32.2. The highest BCUT2D eigenvalue weighted by Crippen LogP contribution is 2.51. The van der Waals surface area contributed by atoms with Crippen molar-refractivity contribution in [2.24, 2.45) is 0 Å². The molecule has 0 heteroatoms. The molecule has 0 aromatic heterocycles. The summed E-state index contributed by atoms with van der Waals surface area (Å²) >= 11 is 0. The lowest BCUT2D eigenvalue weighted by atomic mass is 9.83. The maximum absolute atomic E-state index is 9.83. The highest BCUT2D eigenvalue weighted by Gasteiger charge is 2.24. The van der Waals surface area contributed by atoms with Crippen LogP contribution < -0.4 is 0 Å². The number of benzene rings is 25. The van der Waals surface area contributed by atoms with Gasteiger partial charge in [0.25, 0.3) is 0 Å². The second-order valence-electron chi connectivity index (χ2n) is 26.8. The molecule has 0 aliphatic rings. The third kappa shape index (κ3) is 13.4. The van der Waals surface area contributed by atoms with Gasteiger partial charge in [-0.25, -0.2) is 0 Å². The highest BCUT2D eigenvalue weighted by molar-refractivity contribution is 6.27. The Morgan fingerprint density at radius 2 is 0.317 bits per heavy atom. The molecule has 126 heavy (non-hydrogen) atoms. The molecule has 0 aliphatic carbocycles. The number of hydrogen-bond acceptors (Lipinski definition) is 0. The van der Waals surface area contributed by atoms with Gasteiger partial charge in [0.2, 0.25) is 0 Å². The summed E-state index contributed by atoms with van der Waals surface area (Å²) in [4.78, 5) is 0. The lowest BCUT2D eigenvalue weighted by Crippen LogP contribution is -1.93. The largest absolute Gasteiger partial charge is 0.0636 e. The summed E-state index contributed by atoms with van der Waals surface area (Å²) in [6.07, 6.45) is 0. The van der Waals surface area contributed by atoms with E-state index in [0.717, 1.165) is 0 Å². The summed E-state index contributed by atoms with van der Waals surface area (Å²) in [5, 5.41) is -16.4. The van der Waals surface area contributed by atoms with Gasteiger partial charge >= 0.3 is 0 Å². The van der Waals surface area contributed by atoms with E-state index in [-0.39, 0.29) is 0 Å². The zero-order chi connectivity index (χ0) is 155. The molecule has 0 saturated heterocycles. The van der Waals surface area contributed by atoms with Crippen molar-refractivity contribution in [1.29, 1.82) is 0 Å². The smallest absolute Gasteiger partial charge is 0.0622 e. The van der Waals surface area contributed by atoms with E-state index < -0.39 is 736 Å². The summed E-state index contributed by atoms with van der Waals surface area (Å²) in [7, 11) is 0. The van der Waals surface area contributed by atoms with E-state index in [9.17, 15) is 37.0 Å². The van der Waals surface area contributed by atoms with Crippen LogP contribution in [-0.4, -0.2) is 0 Å². The molecule has 0 N–H and O–H groups in total. The number of rotatable bonds is 10. The Hall–Kier alpha value is -16.4. The van der Waals surface area contributed by atoms with E-state index in [1.54, 1.807) is 0 Å². The van der Waals surface area contributed by atoms with E-state index in [0.29, 0.717) is 0 Å². The van der Waals surface area contributed by atoms with Crippen molar-refractivity contribution in [2.75, 3.05) is 0 Å². The maximum Gasteiger partial charge on any atom is 0.0636 e. The molecular weight excluding hydrogens is 1510 g/mol. The molecule has 0 aliphatic heterocycles. The zero-order valence-corrected chi connectivity index (χ0v) is 63.0. The van der Waals surface area contributed by atoms with Crippen molar-refractivity contribution in [2.45, 2.75) is 0 Å². The van der Waals surface area contributed by atoms with E-state index in [4.69, 9.17) is 75.4 Å². The molecule has 0 spiro atoms. The molecule has 0 unspecified atom stereocenters. The van der Waals surface area contributed by atoms with Crippen LogP contribution in [0, 0.1) is 0 Å². The number of hydrogen-bond donors (Lipinski definition) is 0. The van der Waals surface area contributed by atoms with Crippen LogP contribution >= 0.6 is 0 Å². The minimum Gasteiger partial charge on any atom is -0.0622 e. The third-order valence-corrected chi connectivity index (χ3v) is 19.9. The molecule has 0 atom stereocenters. The topological polar surface area (TPSA) is 0 Å². The van der Waals surface area contributed by atoms with Gasteiger partial charge in [0.05, 0.1) is 112 Å². The predicted octanol–water partition coefficient (Wildman–Crippen LogP) is 35.6. The fraction of sp³-hybridized carbons (Fsp3) is 0. The summed E-state index contributed by atoms with van der Waals surface area (Å²) in [5.41, 5.74) is -16.3. The van der Waals surface area contributed by atoms with Crippen molar-refractivity contribution < 1.29 is 112 Å². The fourth-order valence-electron chi connectivity index (χ4n) is 14.6. The monoisotopic (exact) mass is 1680 g/mol. The Morgan fingerprint density at radius 1 is 0.0952 bits per heavy atom. The number of fused-ring (bicyclic) bond motifs is 13. The second-order valence-corrected chi connectivity index (χ2v) is 26.8. The van der Waals surface area contributed by atoms with Crippen molar-refractivity contribution in [1.82, 2.24) is 0 Å². The third-order valence-electron chi connectivity index (χ3n) is 19.9. The Morgan fingerprint density at radius 3 is 0.738 bits per heavy atom. The molecule has 0 fully saturated rings. The molecule has 25 rings (SSSR count). The van der Waals surface area contributed by atoms with Crippen LogP contribution in [0.15, 0.2) is 495 Å². The van der Waals surface area contributed by atoms with Gasteiger partial charge in [-0.1, -0.05) is 471 Å². The first-order chi connectivity index (χ1) is 96.7. The SMILES string of the molecule is [2H]c1c([2H])c(-c2c([2H])c([2H])c3c([2H])c([2H])c([2H])c([2H])c3c2[2H])c([2H])c(-c2c3c([2H])c([2H])c([2H])c([2H])c3c(-c3c([2H])c([2H])c([2H])c4c([2H])c([2H])c([2H])c([2H])c34)c3c([2H])c([2H])c([2H])c([2H])c23)c1[2H].[2H]c1c([2H])c(-c2c([2H])c([2H])c3c(c2[2H])c([2H])c([2H])c2c([2H])c([2H])c([2H])c([2H])c23)c([2H])c(-c2c3c([2H])c([2H])c([2H])c([2H])c3c(-c3c([2H])c([2H])c([2H])c4c([2H])c([2H])c([2H])c([2H])c34)c3c([2H])c([2H])c([2H])c([2H])c23)c1[2H].[2H]c1c([2H])c([2H])c(-c2c([2H])c([2H])c(-c3c([2H])c([2H])c([2H])c([2H])c3-c3c4c([2H])c([2H])c([2H])c([2H])c4c(-c4c([2H])c([2H])c([2H])c5c([2H])c([2H])c([2H])c([2H])c45)c4c([2H])c([2H])c([2H])c([2H])c34)c([2H])c2[2H])c([2H])c1[2H]. The van der Waals surface area contributed by atoms with E-state index in [1.807, 2.05) is 0 Å². The Labute approximate surface area is 848 Å². The fourth-order valence-corrected chi connectivity index (χ4v) is 14.6. The predicted molar refractivity (Wildman–Crippen MR) is 544 cm³/mol. The molecule has 25 aromatic rings. The molecule has 0 nitrogen and oxygen atoms in total. The van der Waals surface area contributed by atoms with Crippen molar-refractivity contribution in [3.8, 4) is 111 Å². The van der Waals surface area contributed by atoms with Gasteiger partial charge in [-0.05, 0) is 265 Å². The summed E-state index contributed by atoms with van der Waals surface area (Å²) in [6, 6.07) is -78.9. The standard InChI is InChI=1S/C44H28.C42H28.C40H26/c1-4-17-36-29(11-1)13-10-22-38(36)44-41-20-7-5-18-39(41)43(40-19-6-8-21-42(40)44)34-15-9-14-31(28-34)32-25-26-37-33(27-32)24-23-30-12-2-3-16-35(30)37;1-2-13-29(14-3-1)30-25-27-32(28-26-30)34-18-6-7-19-35(34)41-37-20-8-10-22-39(37)42(40-23-11-9-21-38(40)41)36-24-12-16-31-15-4-5-17-33(31)36;1-2-13-29-25-31(24-23-27(29)11-1)30-15-9-16-32(26-30)39-35-18-5-7-20-37(35)40(38-21-8-6-19-36(38)39)34-22-10-14-28-12-3-4-17-33(28)34/h1-28H;1-28H;1-26H/i2*1D,2D,3D,4D,5D,6D,7D,8D,9D,10D,11D,12D,13D,14D,15D,16D,17D,18D,19D,20D,21D,22D,23D,24D,25D,26D,27D,28D;1D,2D,3D,4D,5D,6D,7D,8D,9D,10D,11D,12D,13D,14D,15D,16D,17D,18D,19D,20D,21D,22D,23D,24D,25D,26D. The first kappa shape index (κ1) is 28.3. The molecule has 25 aromatic carbocycles. The average molecular weight is 1680 g/mol. The Bertz CT molecular complexity index is 13600. The summed E-state index contributed by atoms with van der Waals surface area (Å²) < 4.78 is 732. The van der Waals surface area contributed by atoms with Gasteiger partial charge in [0.15, 0.2) is 0 Å². The lowest BCUT2D eigenvalue weighted by molar-refractivity contribution is 1.58. The molecule has 0 saturated carbocycles. The average Bonchev–Trinajstić information content (AvgIpc) is 0.682. The van der Waals surface area contributed by atoms with Gasteiger partial charge in [-0.15, -0.1) is 0 Å². The lowest BCUT2D eigenvalue weighted by Gasteiger charge is -2.20. The molecular formula is C126H82. The van der Waals surface area contributed by atoms with Crippen LogP contribution in [0.1, 0.15) is 112 Å². The summed E-state index contributed by atoms with van der Waals surface area (Å²) in [5.74, 6) is 0. The van der Waals surface area contributed by atoms with Crippen LogP contribution in [0.2, 0.25) is 0 Å². The Kier molecular flexibility index (Phi) is 7.25. The maximum atomic E-state index is 9.83. The molecule has 0 bridgehead atoms. The van der Waals surface area contributed by atoms with Crippen molar-refractivity contribution in [3.63, 3.8) is 0 Å². The molecule has 586 valence electrons. The molecule has 0 radical (unpaired) electrons. The van der Waals surface area contributed by atoms with Gasteiger partial charge in [-0.3, -0.25) is 0 Å².